The second kappa shape index (κ2) is 7.47. The summed E-state index contributed by atoms with van der Waals surface area (Å²) >= 11 is 0. The van der Waals surface area contributed by atoms with Crippen LogP contribution >= 0.6 is 7.37 Å². The van der Waals surface area contributed by atoms with Gasteiger partial charge in [0.25, 0.3) is 0 Å². The molecule has 0 fully saturated rings. The molecule has 0 bridgehead atoms. The molecule has 0 aliphatic rings. The van der Waals surface area contributed by atoms with E-state index in [1.54, 1.807) is 0 Å². The average molecular weight is 188 g/mol. The van der Waals surface area contributed by atoms with Crippen molar-refractivity contribution in [2.45, 2.75) is 26.7 Å². The van der Waals surface area contributed by atoms with Crippen molar-refractivity contribution in [3.05, 3.63) is 0 Å². The molecule has 0 radical (unpaired) electrons. The summed E-state index contributed by atoms with van der Waals surface area (Å²) in [6.07, 6.45) is 2.25. The first-order valence-electron chi connectivity index (χ1n) is 3.41. The minimum Gasteiger partial charge on any atom is -0.799 e. The molecule has 0 aliphatic heterocycles. The van der Waals surface area contributed by atoms with Gasteiger partial charge in [-0.1, -0.05) is 26.7 Å². The molecule has 0 aromatic rings. The molecule has 0 saturated carbocycles. The Kier molecular flexibility index (Phi) is 10.7. The van der Waals surface area contributed by atoms with E-state index in [4.69, 9.17) is 0 Å². The molecule has 2 nitrogen and oxygen atoms in total. The van der Waals surface area contributed by atoms with Gasteiger partial charge in [-0.2, -0.15) is 0 Å². The Morgan fingerprint density at radius 3 is 1.70 bits per heavy atom. The summed E-state index contributed by atoms with van der Waals surface area (Å²) in [6, 6.07) is 0. The van der Waals surface area contributed by atoms with Crippen LogP contribution in [0.4, 0.5) is 0 Å². The molecule has 0 unspecified atom stereocenters. The van der Waals surface area contributed by atoms with E-state index in [-0.39, 0.29) is 51.4 Å². The van der Waals surface area contributed by atoms with Gasteiger partial charge < -0.3 is 9.46 Å². The molecular weight excluding hydrogens is 174 g/mol. The first kappa shape index (κ1) is 14.4. The van der Waals surface area contributed by atoms with Crippen molar-refractivity contribution in [1.82, 2.24) is 0 Å². The smallest absolute Gasteiger partial charge is 0.799 e. The zero-order chi connectivity index (χ0) is 7.33. The third kappa shape index (κ3) is 7.93. The number of hydrogen-bond donors (Lipinski definition) is 0. The van der Waals surface area contributed by atoms with Crippen LogP contribution in [0, 0.1) is 0 Å². The normalized spacial score (nSPS) is 10.7. The van der Waals surface area contributed by atoms with E-state index >= 15 is 0 Å². The second-order valence-electron chi connectivity index (χ2n) is 2.26. The molecule has 56 valence electrons. The summed E-state index contributed by atoms with van der Waals surface area (Å²) in [5, 5.41) is 0. The van der Waals surface area contributed by atoms with Crippen LogP contribution in [-0.2, 0) is 4.57 Å². The molecule has 0 heterocycles. The molecule has 0 atom stereocenters. The van der Waals surface area contributed by atoms with Crippen molar-refractivity contribution >= 4 is 7.37 Å². The monoisotopic (exact) mass is 188 g/mol. The zero-order valence-electron chi connectivity index (χ0n) is 7.09. The first-order chi connectivity index (χ1) is 4.12. The van der Waals surface area contributed by atoms with E-state index in [0.717, 1.165) is 12.8 Å². The maximum atomic E-state index is 10.9. The van der Waals surface area contributed by atoms with Gasteiger partial charge in [0.05, 0.1) is 0 Å². The van der Waals surface area contributed by atoms with Crippen molar-refractivity contribution in [1.29, 1.82) is 0 Å². The molecule has 4 heteroatoms. The van der Waals surface area contributed by atoms with Gasteiger partial charge in [0.2, 0.25) is 0 Å². The van der Waals surface area contributed by atoms with Gasteiger partial charge >= 0.3 is 51.4 Å². The summed E-state index contributed by atoms with van der Waals surface area (Å²) in [6.45, 7) is 3.78. The van der Waals surface area contributed by atoms with Crippen LogP contribution in [0.2, 0.25) is 0 Å². The molecule has 0 aliphatic carbocycles. The Hall–Kier alpha value is 1.83. The Morgan fingerprint density at radius 2 is 1.50 bits per heavy atom. The van der Waals surface area contributed by atoms with E-state index in [1.807, 2.05) is 13.8 Å². The predicted molar refractivity (Wildman–Crippen MR) is 37.9 cm³/mol. The van der Waals surface area contributed by atoms with Crippen molar-refractivity contribution < 1.29 is 60.8 Å². The van der Waals surface area contributed by atoms with Crippen LogP contribution in [-0.4, -0.2) is 12.3 Å². The molecule has 0 aromatic heterocycles. The largest absolute Gasteiger partial charge is 1.00 e. The zero-order valence-corrected chi connectivity index (χ0v) is 11.1. The first-order valence-corrected chi connectivity index (χ1v) is 5.41. The molecule has 0 N–H and O–H groups in total. The topological polar surface area (TPSA) is 40.1 Å². The van der Waals surface area contributed by atoms with E-state index in [9.17, 15) is 9.46 Å². The number of hydrogen-bond acceptors (Lipinski definition) is 2. The van der Waals surface area contributed by atoms with Gasteiger partial charge in [0.15, 0.2) is 0 Å². The molecular formula is C6H14KO2P. The summed E-state index contributed by atoms with van der Waals surface area (Å²) in [5.74, 6) is 0. The van der Waals surface area contributed by atoms with Gasteiger partial charge in [0.1, 0.15) is 0 Å². The van der Waals surface area contributed by atoms with Crippen molar-refractivity contribution in [3.63, 3.8) is 0 Å². The molecule has 0 aromatic carbocycles. The van der Waals surface area contributed by atoms with Crippen LogP contribution in [0.5, 0.6) is 0 Å². The Labute approximate surface area is 106 Å². The minimum absolute atomic E-state index is 0. The van der Waals surface area contributed by atoms with Crippen LogP contribution in [0.25, 0.3) is 0 Å². The number of rotatable bonds is 4. The fourth-order valence-electron chi connectivity index (χ4n) is 0.793. The van der Waals surface area contributed by atoms with E-state index in [2.05, 4.69) is 0 Å². The molecule has 0 amide bonds. The van der Waals surface area contributed by atoms with Gasteiger partial charge in [-0.3, -0.25) is 0 Å². The minimum atomic E-state index is -2.94. The predicted octanol–water partition coefficient (Wildman–Crippen LogP) is -1.55. The standard InChI is InChI=1S/C6H15O2P.K/c1-3-5-9(7,8)6-4-2;/h3-6H2,1-2H3,(H,7,8);/q;+1/p-1. The van der Waals surface area contributed by atoms with Gasteiger partial charge in [-0.05, 0) is 12.3 Å². The van der Waals surface area contributed by atoms with E-state index in [0.29, 0.717) is 12.3 Å². The maximum absolute atomic E-state index is 10.9. The average Bonchev–Trinajstić information content (AvgIpc) is 1.64. The third-order valence-electron chi connectivity index (χ3n) is 1.13. The van der Waals surface area contributed by atoms with E-state index in [1.165, 1.54) is 0 Å². The molecule has 0 rings (SSSR count). The SMILES string of the molecule is CCCP(=O)([O-])CCC.[K+]. The Bertz CT molecular complexity index is 106. The van der Waals surface area contributed by atoms with Gasteiger partial charge in [-0.15, -0.1) is 0 Å². The molecule has 0 saturated heterocycles. The second-order valence-corrected chi connectivity index (χ2v) is 4.79. The van der Waals surface area contributed by atoms with Crippen molar-refractivity contribution in [2.75, 3.05) is 12.3 Å². The van der Waals surface area contributed by atoms with Gasteiger partial charge in [-0.25, -0.2) is 0 Å². The summed E-state index contributed by atoms with van der Waals surface area (Å²) in [5.41, 5.74) is 0. The molecule has 10 heavy (non-hydrogen) atoms. The third-order valence-corrected chi connectivity index (χ3v) is 3.39. The summed E-state index contributed by atoms with van der Waals surface area (Å²) in [4.78, 5) is 10.9. The summed E-state index contributed by atoms with van der Waals surface area (Å²) < 4.78 is 10.9. The van der Waals surface area contributed by atoms with Crippen LogP contribution in [0.3, 0.4) is 0 Å². The van der Waals surface area contributed by atoms with Crippen LogP contribution in [0.15, 0.2) is 0 Å². The van der Waals surface area contributed by atoms with Crippen molar-refractivity contribution in [3.8, 4) is 0 Å². The Balaban J connectivity index is 0. The fraction of sp³-hybridized carbons (Fsp3) is 1.00. The maximum Gasteiger partial charge on any atom is 1.00 e. The molecule has 0 spiro atoms. The van der Waals surface area contributed by atoms with Crippen LogP contribution in [0.1, 0.15) is 26.7 Å². The summed E-state index contributed by atoms with van der Waals surface area (Å²) in [7, 11) is -2.94. The fourth-order valence-corrected chi connectivity index (χ4v) is 2.38. The van der Waals surface area contributed by atoms with Crippen LogP contribution < -0.4 is 56.3 Å². The van der Waals surface area contributed by atoms with Crippen molar-refractivity contribution in [2.24, 2.45) is 0 Å². The van der Waals surface area contributed by atoms with E-state index < -0.39 is 7.37 Å². The Morgan fingerprint density at radius 1 is 1.20 bits per heavy atom. The quantitative estimate of drug-likeness (QED) is 0.396. The van der Waals surface area contributed by atoms with Gasteiger partial charge in [0, 0.05) is 7.37 Å².